The molecule has 2 aliphatic rings. The van der Waals surface area contributed by atoms with Crippen LogP contribution in [0.15, 0.2) is 11.9 Å². The number of hydrogen-bond donors (Lipinski definition) is 3. The maximum Gasteiger partial charge on any atom is 0.410 e. The Kier molecular flexibility index (Phi) is 3.89. The largest absolute Gasteiger partial charge is 0.444 e. The van der Waals surface area contributed by atoms with Gasteiger partial charge in [0.05, 0.1) is 6.04 Å². The number of likely N-dealkylation sites (tertiary alicyclic amines) is 1. The second kappa shape index (κ2) is 5.28. The van der Waals surface area contributed by atoms with E-state index < -0.39 is 5.60 Å². The van der Waals surface area contributed by atoms with Crippen LogP contribution in [-0.2, 0) is 4.74 Å². The van der Waals surface area contributed by atoms with Crippen molar-refractivity contribution in [1.29, 1.82) is 0 Å². The van der Waals surface area contributed by atoms with Crippen molar-refractivity contribution in [2.45, 2.75) is 45.3 Å². The van der Waals surface area contributed by atoms with Gasteiger partial charge in [0, 0.05) is 13.1 Å². The Bertz CT molecular complexity index is 367. The van der Waals surface area contributed by atoms with E-state index in [4.69, 9.17) is 10.5 Å². The zero-order chi connectivity index (χ0) is 14.0. The summed E-state index contributed by atoms with van der Waals surface area (Å²) in [6, 6.07) is 0.265. The Labute approximate surface area is 114 Å². The molecule has 4 N–H and O–H groups in total. The molecule has 6 heteroatoms. The van der Waals surface area contributed by atoms with Gasteiger partial charge in [-0.2, -0.15) is 0 Å². The standard InChI is InChI=1S/C13H24N4O2/c1-13(2,3)19-12(18)17-6-4-9(5-7-17)10-8-11(14)16-15-10/h8-10,15-16H,4-7,14H2,1-3H3. The van der Waals surface area contributed by atoms with Gasteiger partial charge in [-0.25, -0.2) is 10.2 Å². The van der Waals surface area contributed by atoms with Gasteiger partial charge in [-0.15, -0.1) is 0 Å². The number of piperidine rings is 1. The lowest BCUT2D eigenvalue weighted by atomic mass is 9.90. The van der Waals surface area contributed by atoms with Crippen LogP contribution in [-0.4, -0.2) is 35.7 Å². The molecular formula is C13H24N4O2. The Balaban J connectivity index is 1.81. The summed E-state index contributed by atoms with van der Waals surface area (Å²) < 4.78 is 5.38. The third-order valence-electron chi connectivity index (χ3n) is 3.44. The van der Waals surface area contributed by atoms with Crippen LogP contribution in [0.2, 0.25) is 0 Å². The van der Waals surface area contributed by atoms with Gasteiger partial charge in [-0.05, 0) is 45.6 Å². The summed E-state index contributed by atoms with van der Waals surface area (Å²) in [5.41, 5.74) is 11.3. The SMILES string of the molecule is CC(C)(C)OC(=O)N1CCC(C2C=C(N)NN2)CC1. The summed E-state index contributed by atoms with van der Waals surface area (Å²) in [4.78, 5) is 13.7. The molecule has 0 aromatic carbocycles. The van der Waals surface area contributed by atoms with Crippen molar-refractivity contribution in [1.82, 2.24) is 15.8 Å². The Morgan fingerprint density at radius 2 is 2.05 bits per heavy atom. The molecule has 2 heterocycles. The number of hydrazine groups is 1. The second-order valence-corrected chi connectivity index (χ2v) is 6.22. The molecule has 2 rings (SSSR count). The van der Waals surface area contributed by atoms with Crippen LogP contribution in [0.25, 0.3) is 0 Å². The Hall–Kier alpha value is -1.43. The van der Waals surface area contributed by atoms with Crippen LogP contribution in [0.3, 0.4) is 0 Å². The quantitative estimate of drug-likeness (QED) is 0.659. The summed E-state index contributed by atoms with van der Waals surface area (Å²) in [6.07, 6.45) is 3.72. The van der Waals surface area contributed by atoms with Gasteiger partial charge in [-0.1, -0.05) is 0 Å². The molecule has 2 aliphatic heterocycles. The molecule has 0 aliphatic carbocycles. The van der Waals surface area contributed by atoms with Gasteiger partial charge in [-0.3, -0.25) is 0 Å². The zero-order valence-corrected chi connectivity index (χ0v) is 11.9. The zero-order valence-electron chi connectivity index (χ0n) is 11.9. The third-order valence-corrected chi connectivity index (χ3v) is 3.44. The maximum atomic E-state index is 11.9. The average Bonchev–Trinajstić information content (AvgIpc) is 2.74. The van der Waals surface area contributed by atoms with Gasteiger partial charge in [0.15, 0.2) is 0 Å². The average molecular weight is 268 g/mol. The van der Waals surface area contributed by atoms with Crippen molar-refractivity contribution in [3.63, 3.8) is 0 Å². The number of rotatable bonds is 1. The van der Waals surface area contributed by atoms with Gasteiger partial charge in [0.2, 0.25) is 0 Å². The van der Waals surface area contributed by atoms with Crippen molar-refractivity contribution < 1.29 is 9.53 Å². The molecule has 1 amide bonds. The van der Waals surface area contributed by atoms with E-state index in [0.29, 0.717) is 11.7 Å². The highest BCUT2D eigenvalue weighted by atomic mass is 16.6. The smallest absolute Gasteiger partial charge is 0.410 e. The molecule has 6 nitrogen and oxygen atoms in total. The highest BCUT2D eigenvalue weighted by Crippen LogP contribution is 2.24. The summed E-state index contributed by atoms with van der Waals surface area (Å²) in [5.74, 6) is 1.19. The van der Waals surface area contributed by atoms with Gasteiger partial charge >= 0.3 is 6.09 Å². The van der Waals surface area contributed by atoms with Crippen LogP contribution < -0.4 is 16.6 Å². The molecule has 0 saturated carbocycles. The minimum Gasteiger partial charge on any atom is -0.444 e. The highest BCUT2D eigenvalue weighted by molar-refractivity contribution is 5.68. The number of carbonyl (C=O) groups excluding carboxylic acids is 1. The fraction of sp³-hybridized carbons (Fsp3) is 0.769. The molecule has 0 radical (unpaired) electrons. The summed E-state index contributed by atoms with van der Waals surface area (Å²) in [6.45, 7) is 7.15. The second-order valence-electron chi connectivity index (χ2n) is 6.22. The summed E-state index contributed by atoms with van der Waals surface area (Å²) >= 11 is 0. The topological polar surface area (TPSA) is 79.6 Å². The van der Waals surface area contributed by atoms with Crippen molar-refractivity contribution >= 4 is 6.09 Å². The number of amides is 1. The molecule has 0 spiro atoms. The number of ether oxygens (including phenoxy) is 1. The predicted octanol–water partition coefficient (Wildman–Crippen LogP) is 0.910. The van der Waals surface area contributed by atoms with Gasteiger partial charge in [0.1, 0.15) is 11.4 Å². The Morgan fingerprint density at radius 3 is 2.53 bits per heavy atom. The number of carbonyl (C=O) groups is 1. The summed E-state index contributed by atoms with van der Waals surface area (Å²) in [5, 5.41) is 0. The highest BCUT2D eigenvalue weighted by Gasteiger charge is 2.31. The van der Waals surface area contributed by atoms with Crippen molar-refractivity contribution in [3.05, 3.63) is 11.9 Å². The lowest BCUT2D eigenvalue weighted by Crippen LogP contribution is -2.46. The molecular weight excluding hydrogens is 244 g/mol. The van der Waals surface area contributed by atoms with Crippen molar-refractivity contribution in [3.8, 4) is 0 Å². The van der Waals surface area contributed by atoms with Crippen molar-refractivity contribution in [2.24, 2.45) is 11.7 Å². The van der Waals surface area contributed by atoms with E-state index in [9.17, 15) is 4.79 Å². The third kappa shape index (κ3) is 3.76. The van der Waals surface area contributed by atoms with Crippen LogP contribution in [0.1, 0.15) is 33.6 Å². The predicted molar refractivity (Wildman–Crippen MR) is 72.9 cm³/mol. The van der Waals surface area contributed by atoms with E-state index in [1.807, 2.05) is 26.8 Å². The van der Waals surface area contributed by atoms with Crippen LogP contribution in [0.4, 0.5) is 4.79 Å². The Morgan fingerprint density at radius 1 is 1.42 bits per heavy atom. The van der Waals surface area contributed by atoms with Crippen molar-refractivity contribution in [2.75, 3.05) is 13.1 Å². The molecule has 0 aromatic rings. The van der Waals surface area contributed by atoms with Crippen LogP contribution in [0.5, 0.6) is 0 Å². The molecule has 1 saturated heterocycles. The molecule has 0 aromatic heterocycles. The lowest BCUT2D eigenvalue weighted by Gasteiger charge is -2.35. The van der Waals surface area contributed by atoms with E-state index in [0.717, 1.165) is 25.9 Å². The molecule has 1 unspecified atom stereocenters. The fourth-order valence-electron chi connectivity index (χ4n) is 2.47. The first kappa shape index (κ1) is 14.0. The number of hydrogen-bond acceptors (Lipinski definition) is 5. The van der Waals surface area contributed by atoms with E-state index >= 15 is 0 Å². The normalized spacial score (nSPS) is 24.9. The molecule has 108 valence electrons. The van der Waals surface area contributed by atoms with Gasteiger partial charge < -0.3 is 20.8 Å². The monoisotopic (exact) mass is 268 g/mol. The fourth-order valence-corrected chi connectivity index (χ4v) is 2.47. The number of nitrogens with one attached hydrogen (secondary N) is 2. The molecule has 0 bridgehead atoms. The van der Waals surface area contributed by atoms with E-state index in [2.05, 4.69) is 10.9 Å². The molecule has 1 fully saturated rings. The first-order valence-corrected chi connectivity index (χ1v) is 6.82. The van der Waals surface area contributed by atoms with E-state index in [1.165, 1.54) is 0 Å². The van der Waals surface area contributed by atoms with Gasteiger partial charge in [0.25, 0.3) is 0 Å². The first-order valence-electron chi connectivity index (χ1n) is 6.82. The minimum atomic E-state index is -0.429. The van der Waals surface area contributed by atoms with E-state index in [1.54, 1.807) is 4.90 Å². The lowest BCUT2D eigenvalue weighted by molar-refractivity contribution is 0.0176. The number of nitrogens with two attached hydrogens (primary N) is 1. The first-order chi connectivity index (χ1) is 8.85. The maximum absolute atomic E-state index is 11.9. The summed E-state index contributed by atoms with van der Waals surface area (Å²) in [7, 11) is 0. The molecule has 1 atom stereocenters. The van der Waals surface area contributed by atoms with Crippen LogP contribution >= 0.6 is 0 Å². The van der Waals surface area contributed by atoms with E-state index in [-0.39, 0.29) is 12.1 Å². The minimum absolute atomic E-state index is 0.210. The molecule has 19 heavy (non-hydrogen) atoms. The number of nitrogens with zero attached hydrogens (tertiary/aromatic N) is 1. The van der Waals surface area contributed by atoms with Crippen LogP contribution in [0, 0.1) is 5.92 Å².